The Labute approximate surface area is 142 Å². The average molecular weight is 318 g/mol. The van der Waals surface area contributed by atoms with Gasteiger partial charge in [0.1, 0.15) is 0 Å². The van der Waals surface area contributed by atoms with Gasteiger partial charge in [-0.2, -0.15) is 5.48 Å². The number of para-hydroxylation sites is 1. The van der Waals surface area contributed by atoms with E-state index < -0.39 is 0 Å². The summed E-state index contributed by atoms with van der Waals surface area (Å²) in [6, 6.07) is 21.4. The second-order valence-electron chi connectivity index (χ2n) is 6.47. The third kappa shape index (κ3) is 3.48. The third-order valence-corrected chi connectivity index (χ3v) is 4.69. The smallest absolute Gasteiger partial charge is 0.0933 e. The number of hydrogen-bond donors (Lipinski definition) is 1. The monoisotopic (exact) mass is 318 g/mol. The molecular formula is C21H22N2O. The van der Waals surface area contributed by atoms with Gasteiger partial charge in [-0.05, 0) is 30.5 Å². The fourth-order valence-corrected chi connectivity index (χ4v) is 3.29. The molecule has 24 heavy (non-hydrogen) atoms. The molecule has 1 aliphatic carbocycles. The maximum absolute atomic E-state index is 5.64. The number of rotatable bonds is 5. The molecule has 122 valence electrons. The van der Waals surface area contributed by atoms with Crippen LogP contribution in [0, 0.1) is 0 Å². The lowest BCUT2D eigenvalue weighted by Crippen LogP contribution is -2.25. The maximum Gasteiger partial charge on any atom is 0.0933 e. The van der Waals surface area contributed by atoms with Crippen LogP contribution < -0.4 is 5.48 Å². The van der Waals surface area contributed by atoms with Crippen molar-refractivity contribution in [2.45, 2.75) is 38.3 Å². The van der Waals surface area contributed by atoms with Crippen LogP contribution in [0.2, 0.25) is 0 Å². The molecule has 0 unspecified atom stereocenters. The molecule has 0 saturated heterocycles. The summed E-state index contributed by atoms with van der Waals surface area (Å²) in [5.41, 5.74) is 7.52. The first-order valence-electron chi connectivity index (χ1n) is 8.71. The van der Waals surface area contributed by atoms with Crippen molar-refractivity contribution < 1.29 is 4.84 Å². The van der Waals surface area contributed by atoms with E-state index in [2.05, 4.69) is 54.0 Å². The molecule has 3 heteroatoms. The first-order valence-corrected chi connectivity index (χ1v) is 8.71. The Hall–Kier alpha value is -2.23. The van der Waals surface area contributed by atoms with Crippen molar-refractivity contribution >= 4 is 10.9 Å². The van der Waals surface area contributed by atoms with Crippen LogP contribution in [0.1, 0.15) is 31.2 Å². The van der Waals surface area contributed by atoms with Crippen LogP contribution in [0.15, 0.2) is 60.7 Å². The first-order chi connectivity index (χ1) is 11.9. The molecule has 1 heterocycles. The molecule has 1 N–H and O–H groups in total. The lowest BCUT2D eigenvalue weighted by atomic mass is 10.1. The van der Waals surface area contributed by atoms with Gasteiger partial charge in [-0.3, -0.25) is 4.84 Å². The molecule has 0 aliphatic heterocycles. The number of hydroxylamine groups is 1. The predicted molar refractivity (Wildman–Crippen MR) is 97.4 cm³/mol. The zero-order valence-corrected chi connectivity index (χ0v) is 13.7. The molecule has 1 saturated carbocycles. The van der Waals surface area contributed by atoms with Crippen molar-refractivity contribution in [2.75, 3.05) is 0 Å². The van der Waals surface area contributed by atoms with Gasteiger partial charge in [0.05, 0.1) is 17.8 Å². The lowest BCUT2D eigenvalue weighted by molar-refractivity contribution is 0.00511. The minimum Gasteiger partial charge on any atom is -0.297 e. The Balaban J connectivity index is 1.42. The van der Waals surface area contributed by atoms with E-state index in [9.17, 15) is 0 Å². The van der Waals surface area contributed by atoms with Crippen molar-refractivity contribution in [3.8, 4) is 11.3 Å². The average Bonchev–Trinajstić information content (AvgIpc) is 3.15. The lowest BCUT2D eigenvalue weighted by Gasteiger charge is -2.12. The van der Waals surface area contributed by atoms with E-state index in [4.69, 9.17) is 9.82 Å². The highest BCUT2D eigenvalue weighted by Crippen LogP contribution is 2.22. The van der Waals surface area contributed by atoms with Crippen molar-refractivity contribution in [1.29, 1.82) is 0 Å². The number of aromatic nitrogens is 1. The topological polar surface area (TPSA) is 34.1 Å². The zero-order valence-electron chi connectivity index (χ0n) is 13.7. The second-order valence-corrected chi connectivity index (χ2v) is 6.47. The molecule has 0 radical (unpaired) electrons. The minimum absolute atomic E-state index is 0.533. The fourth-order valence-electron chi connectivity index (χ4n) is 3.29. The molecule has 2 aromatic carbocycles. The van der Waals surface area contributed by atoms with Crippen LogP contribution in [-0.4, -0.2) is 11.0 Å². The molecule has 0 bridgehead atoms. The fraction of sp³-hybridized carbons (Fsp3) is 0.286. The summed E-state index contributed by atoms with van der Waals surface area (Å²) in [5, 5.41) is 1.17. The molecule has 1 aromatic heterocycles. The van der Waals surface area contributed by atoms with Crippen molar-refractivity contribution in [3.05, 3.63) is 66.2 Å². The van der Waals surface area contributed by atoms with E-state index in [0.717, 1.165) is 16.8 Å². The van der Waals surface area contributed by atoms with E-state index in [0.29, 0.717) is 12.6 Å². The molecule has 1 aliphatic rings. The highest BCUT2D eigenvalue weighted by atomic mass is 16.6. The minimum atomic E-state index is 0.533. The Morgan fingerprint density at radius 2 is 1.71 bits per heavy atom. The van der Waals surface area contributed by atoms with Gasteiger partial charge in [0.15, 0.2) is 0 Å². The summed E-state index contributed by atoms with van der Waals surface area (Å²) < 4.78 is 0. The number of hydrogen-bond acceptors (Lipinski definition) is 3. The Morgan fingerprint density at radius 1 is 0.917 bits per heavy atom. The number of nitrogens with one attached hydrogen (secondary N) is 1. The molecule has 4 rings (SSSR count). The van der Waals surface area contributed by atoms with Crippen LogP contribution in [0.25, 0.3) is 22.2 Å². The van der Waals surface area contributed by atoms with Gasteiger partial charge >= 0.3 is 0 Å². The summed E-state index contributed by atoms with van der Waals surface area (Å²) in [4.78, 5) is 10.4. The van der Waals surface area contributed by atoms with Crippen LogP contribution >= 0.6 is 0 Å². The summed E-state index contributed by atoms with van der Waals surface area (Å²) in [6.07, 6.45) is 5.09. The van der Waals surface area contributed by atoms with Gasteiger partial charge in [-0.1, -0.05) is 61.4 Å². The predicted octanol–water partition coefficient (Wildman–Crippen LogP) is 4.87. The van der Waals surface area contributed by atoms with Crippen molar-refractivity contribution in [1.82, 2.24) is 10.5 Å². The quantitative estimate of drug-likeness (QED) is 0.682. The molecular weight excluding hydrogens is 296 g/mol. The second kappa shape index (κ2) is 7.12. The summed E-state index contributed by atoms with van der Waals surface area (Å²) in [5.74, 6) is 0. The van der Waals surface area contributed by atoms with Crippen LogP contribution in [0.3, 0.4) is 0 Å². The first kappa shape index (κ1) is 15.3. The summed E-state index contributed by atoms with van der Waals surface area (Å²) >= 11 is 0. The van der Waals surface area contributed by atoms with Gasteiger partial charge in [0, 0.05) is 17.0 Å². The van der Waals surface area contributed by atoms with Gasteiger partial charge in [-0.25, -0.2) is 4.98 Å². The highest BCUT2D eigenvalue weighted by Gasteiger charge is 2.14. The van der Waals surface area contributed by atoms with Gasteiger partial charge < -0.3 is 0 Å². The summed E-state index contributed by atoms with van der Waals surface area (Å²) in [6.45, 7) is 0.599. The van der Waals surface area contributed by atoms with E-state index in [1.54, 1.807) is 0 Å². The normalized spacial score (nSPS) is 15.2. The van der Waals surface area contributed by atoms with E-state index in [-0.39, 0.29) is 0 Å². The largest absolute Gasteiger partial charge is 0.297 e. The van der Waals surface area contributed by atoms with E-state index >= 15 is 0 Å². The molecule has 3 nitrogen and oxygen atoms in total. The summed E-state index contributed by atoms with van der Waals surface area (Å²) in [7, 11) is 0. The Morgan fingerprint density at radius 3 is 2.54 bits per heavy atom. The SMILES string of the molecule is c1ccc2nc(-c3ccc(CONC4CCCC4)cc3)ccc2c1. The maximum atomic E-state index is 5.64. The van der Waals surface area contributed by atoms with Gasteiger partial charge in [0.2, 0.25) is 0 Å². The zero-order chi connectivity index (χ0) is 16.2. The van der Waals surface area contributed by atoms with Gasteiger partial charge in [-0.15, -0.1) is 0 Å². The van der Waals surface area contributed by atoms with E-state index in [1.165, 1.54) is 36.6 Å². The van der Waals surface area contributed by atoms with E-state index in [1.807, 2.05) is 12.1 Å². The van der Waals surface area contributed by atoms with Crippen LogP contribution in [0.5, 0.6) is 0 Å². The molecule has 0 amide bonds. The molecule has 3 aromatic rings. The molecule has 0 spiro atoms. The number of nitrogens with zero attached hydrogens (tertiary/aromatic N) is 1. The van der Waals surface area contributed by atoms with Crippen LogP contribution in [-0.2, 0) is 11.4 Å². The van der Waals surface area contributed by atoms with Gasteiger partial charge in [0.25, 0.3) is 0 Å². The highest BCUT2D eigenvalue weighted by molar-refractivity contribution is 5.81. The standard InChI is InChI=1S/C21H22N2O/c1-4-8-20-17(5-1)13-14-21(22-20)18-11-9-16(10-12-18)15-24-23-19-6-2-3-7-19/h1,4-5,8-14,19,23H,2-3,6-7,15H2. The Kier molecular flexibility index (Phi) is 4.54. The number of pyridine rings is 1. The third-order valence-electron chi connectivity index (χ3n) is 4.69. The van der Waals surface area contributed by atoms with Crippen molar-refractivity contribution in [2.24, 2.45) is 0 Å². The number of fused-ring (bicyclic) bond motifs is 1. The number of benzene rings is 2. The molecule has 0 atom stereocenters. The van der Waals surface area contributed by atoms with Crippen LogP contribution in [0.4, 0.5) is 0 Å². The Bertz CT molecular complexity index is 807. The molecule has 1 fully saturated rings. The van der Waals surface area contributed by atoms with Crippen molar-refractivity contribution in [3.63, 3.8) is 0 Å².